The number of nitro groups is 1. The van der Waals surface area contributed by atoms with Crippen LogP contribution < -0.4 is 0 Å². The molecule has 78 valence electrons. The smallest absolute Gasteiger partial charge is 0.258 e. The summed E-state index contributed by atoms with van der Waals surface area (Å²) < 4.78 is 0. The molecule has 0 aliphatic carbocycles. The largest absolute Gasteiger partial charge is 0.287 e. The molecule has 0 N–H and O–H groups in total. The summed E-state index contributed by atoms with van der Waals surface area (Å²) >= 11 is 0. The second kappa shape index (κ2) is 4.56. The van der Waals surface area contributed by atoms with Crippen LogP contribution in [0.2, 0.25) is 0 Å². The first kappa shape index (κ1) is 11.2. The van der Waals surface area contributed by atoms with Crippen molar-refractivity contribution in [3.63, 3.8) is 0 Å². The lowest BCUT2D eigenvalue weighted by Crippen LogP contribution is -1.99. The highest BCUT2D eigenvalue weighted by molar-refractivity contribution is 5.55. The molecule has 0 aliphatic heterocycles. The van der Waals surface area contributed by atoms with Crippen LogP contribution in [0.4, 0.5) is 5.69 Å². The van der Waals surface area contributed by atoms with Gasteiger partial charge in [0.15, 0.2) is 0 Å². The van der Waals surface area contributed by atoms with Gasteiger partial charge in [-0.3, -0.25) is 10.1 Å². The van der Waals surface area contributed by atoms with Crippen molar-refractivity contribution in [2.24, 2.45) is 0 Å². The Morgan fingerprint density at radius 1 is 1.40 bits per heavy atom. The van der Waals surface area contributed by atoms with Crippen LogP contribution in [0, 0.1) is 21.4 Å². The molecule has 0 fully saturated rings. The number of benzene rings is 1. The molecule has 4 nitrogen and oxygen atoms in total. The third kappa shape index (κ3) is 2.13. The zero-order valence-electron chi connectivity index (χ0n) is 8.78. The molecule has 1 rings (SSSR count). The predicted molar refractivity (Wildman–Crippen MR) is 56.6 cm³/mol. The molecule has 0 heterocycles. The Morgan fingerprint density at radius 2 is 2.07 bits per heavy atom. The Balaban J connectivity index is 3.48. The van der Waals surface area contributed by atoms with E-state index >= 15 is 0 Å². The molecule has 1 aromatic rings. The summed E-state index contributed by atoms with van der Waals surface area (Å²) in [5.74, 6) is 0. The van der Waals surface area contributed by atoms with Crippen molar-refractivity contribution in [3.05, 3.63) is 38.9 Å². The van der Waals surface area contributed by atoms with E-state index in [1.165, 1.54) is 6.07 Å². The average Bonchev–Trinajstić information content (AvgIpc) is 2.26. The van der Waals surface area contributed by atoms with Gasteiger partial charge in [-0.1, -0.05) is 19.9 Å². The zero-order chi connectivity index (χ0) is 11.4. The van der Waals surface area contributed by atoms with Crippen LogP contribution in [0.5, 0.6) is 0 Å². The van der Waals surface area contributed by atoms with Crippen LogP contribution >= 0.6 is 0 Å². The Hall–Kier alpha value is -1.89. The summed E-state index contributed by atoms with van der Waals surface area (Å²) in [6, 6.07) is 5.26. The molecule has 0 saturated heterocycles. The standard InChI is InChI=1S/C11H12N2O2/c1-3-8-5-9(4-2)10(7-12)11(6-8)13(14)15/h5-6H,3-4H2,1-2H3. The molecule has 0 bridgehead atoms. The highest BCUT2D eigenvalue weighted by Gasteiger charge is 2.17. The van der Waals surface area contributed by atoms with E-state index < -0.39 is 4.92 Å². The summed E-state index contributed by atoms with van der Waals surface area (Å²) in [7, 11) is 0. The van der Waals surface area contributed by atoms with Gasteiger partial charge in [0, 0.05) is 6.07 Å². The average molecular weight is 204 g/mol. The summed E-state index contributed by atoms with van der Waals surface area (Å²) in [6.07, 6.45) is 1.37. The van der Waals surface area contributed by atoms with Gasteiger partial charge in [-0.2, -0.15) is 5.26 Å². The van der Waals surface area contributed by atoms with E-state index in [1.807, 2.05) is 26.0 Å². The Morgan fingerprint density at radius 3 is 2.47 bits per heavy atom. The maximum absolute atomic E-state index is 10.8. The minimum Gasteiger partial charge on any atom is -0.258 e. The number of hydrogen-bond acceptors (Lipinski definition) is 3. The van der Waals surface area contributed by atoms with Crippen LogP contribution in [-0.4, -0.2) is 4.92 Å². The Kier molecular flexibility index (Phi) is 3.40. The van der Waals surface area contributed by atoms with Crippen LogP contribution in [-0.2, 0) is 12.8 Å². The van der Waals surface area contributed by atoms with Gasteiger partial charge in [0.2, 0.25) is 0 Å². The summed E-state index contributed by atoms with van der Waals surface area (Å²) in [5, 5.41) is 19.7. The van der Waals surface area contributed by atoms with Crippen molar-refractivity contribution in [2.75, 3.05) is 0 Å². The maximum Gasteiger partial charge on any atom is 0.287 e. The van der Waals surface area contributed by atoms with Gasteiger partial charge in [0.05, 0.1) is 4.92 Å². The highest BCUT2D eigenvalue weighted by Crippen LogP contribution is 2.24. The molecular formula is C11H12N2O2. The third-order valence-corrected chi connectivity index (χ3v) is 2.36. The SMILES string of the molecule is CCc1cc(CC)c(C#N)c([N+](=O)[O-])c1. The molecule has 0 aromatic heterocycles. The summed E-state index contributed by atoms with van der Waals surface area (Å²) in [6.45, 7) is 3.82. The van der Waals surface area contributed by atoms with Gasteiger partial charge in [0.25, 0.3) is 5.69 Å². The van der Waals surface area contributed by atoms with Crippen LogP contribution in [0.3, 0.4) is 0 Å². The molecule has 15 heavy (non-hydrogen) atoms. The van der Waals surface area contributed by atoms with E-state index in [-0.39, 0.29) is 11.3 Å². The number of nitrogens with zero attached hydrogens (tertiary/aromatic N) is 2. The van der Waals surface area contributed by atoms with Gasteiger partial charge in [0.1, 0.15) is 11.6 Å². The Labute approximate surface area is 88.3 Å². The van der Waals surface area contributed by atoms with Crippen molar-refractivity contribution in [1.29, 1.82) is 5.26 Å². The number of nitro benzene ring substituents is 1. The van der Waals surface area contributed by atoms with Crippen LogP contribution in [0.1, 0.15) is 30.5 Å². The number of rotatable bonds is 3. The van der Waals surface area contributed by atoms with E-state index in [4.69, 9.17) is 5.26 Å². The first-order chi connectivity index (χ1) is 7.13. The molecule has 0 atom stereocenters. The number of aryl methyl sites for hydroxylation is 2. The molecule has 0 radical (unpaired) electrons. The number of nitriles is 1. The minimum atomic E-state index is -0.489. The summed E-state index contributed by atoms with van der Waals surface area (Å²) in [5.41, 5.74) is 1.77. The van der Waals surface area contributed by atoms with E-state index in [1.54, 1.807) is 0 Å². The van der Waals surface area contributed by atoms with Crippen LogP contribution in [0.25, 0.3) is 0 Å². The molecule has 4 heteroatoms. The quantitative estimate of drug-likeness (QED) is 0.561. The molecule has 0 saturated carbocycles. The first-order valence-corrected chi connectivity index (χ1v) is 4.84. The monoisotopic (exact) mass is 204 g/mol. The van der Waals surface area contributed by atoms with Gasteiger partial charge in [-0.15, -0.1) is 0 Å². The van der Waals surface area contributed by atoms with Crippen molar-refractivity contribution >= 4 is 5.69 Å². The topological polar surface area (TPSA) is 66.9 Å². The maximum atomic E-state index is 10.8. The van der Waals surface area contributed by atoms with E-state index in [0.717, 1.165) is 17.5 Å². The van der Waals surface area contributed by atoms with Crippen LogP contribution in [0.15, 0.2) is 12.1 Å². The van der Waals surface area contributed by atoms with Gasteiger partial charge in [-0.25, -0.2) is 0 Å². The first-order valence-electron chi connectivity index (χ1n) is 4.84. The molecular weight excluding hydrogens is 192 g/mol. The molecule has 0 spiro atoms. The highest BCUT2D eigenvalue weighted by atomic mass is 16.6. The van der Waals surface area contributed by atoms with Gasteiger partial charge in [-0.05, 0) is 24.0 Å². The van der Waals surface area contributed by atoms with E-state index in [9.17, 15) is 10.1 Å². The lowest BCUT2D eigenvalue weighted by atomic mass is 9.99. The molecule has 0 unspecified atom stereocenters. The minimum absolute atomic E-state index is 0.0753. The number of hydrogen-bond donors (Lipinski definition) is 0. The van der Waals surface area contributed by atoms with Crippen molar-refractivity contribution < 1.29 is 4.92 Å². The van der Waals surface area contributed by atoms with E-state index in [2.05, 4.69) is 0 Å². The lowest BCUT2D eigenvalue weighted by molar-refractivity contribution is -0.385. The predicted octanol–water partition coefficient (Wildman–Crippen LogP) is 2.59. The fourth-order valence-corrected chi connectivity index (χ4v) is 1.51. The fraction of sp³-hybridized carbons (Fsp3) is 0.364. The zero-order valence-corrected chi connectivity index (χ0v) is 8.78. The normalized spacial score (nSPS) is 9.67. The van der Waals surface area contributed by atoms with Gasteiger partial charge < -0.3 is 0 Å². The Bertz CT molecular complexity index is 433. The lowest BCUT2D eigenvalue weighted by Gasteiger charge is -2.04. The van der Waals surface area contributed by atoms with Crippen molar-refractivity contribution in [1.82, 2.24) is 0 Å². The van der Waals surface area contributed by atoms with Crippen molar-refractivity contribution in [3.8, 4) is 6.07 Å². The summed E-state index contributed by atoms with van der Waals surface area (Å²) in [4.78, 5) is 10.3. The fourth-order valence-electron chi connectivity index (χ4n) is 1.51. The second-order valence-electron chi connectivity index (χ2n) is 3.23. The van der Waals surface area contributed by atoms with E-state index in [0.29, 0.717) is 6.42 Å². The van der Waals surface area contributed by atoms with Crippen molar-refractivity contribution in [2.45, 2.75) is 26.7 Å². The molecule has 0 amide bonds. The third-order valence-electron chi connectivity index (χ3n) is 2.36. The van der Waals surface area contributed by atoms with Gasteiger partial charge >= 0.3 is 0 Å². The molecule has 1 aromatic carbocycles. The second-order valence-corrected chi connectivity index (χ2v) is 3.23. The molecule has 0 aliphatic rings.